The molecule has 0 atom stereocenters. The molecule has 2 aliphatic rings. The summed E-state index contributed by atoms with van der Waals surface area (Å²) >= 11 is 0. The normalized spacial score (nSPS) is 21.2. The van der Waals surface area contributed by atoms with Gasteiger partial charge in [0.2, 0.25) is 0 Å². The van der Waals surface area contributed by atoms with E-state index in [1.165, 1.54) is 0 Å². The molecule has 2 aliphatic heterocycles. The maximum absolute atomic E-state index is 5.62. The summed E-state index contributed by atoms with van der Waals surface area (Å²) in [6.45, 7) is 3.45. The van der Waals surface area contributed by atoms with Gasteiger partial charge in [-0.1, -0.05) is 12.1 Å². The van der Waals surface area contributed by atoms with Crippen LogP contribution in [0.1, 0.15) is 12.8 Å². The molecule has 0 spiro atoms. The summed E-state index contributed by atoms with van der Waals surface area (Å²) < 4.78 is 11.2. The second-order valence-corrected chi connectivity index (χ2v) is 5.65. The molecule has 0 aliphatic carbocycles. The molecule has 1 aromatic carbocycles. The van der Waals surface area contributed by atoms with E-state index in [1.54, 1.807) is 0 Å². The van der Waals surface area contributed by atoms with Crippen molar-refractivity contribution in [3.05, 3.63) is 30.5 Å². The zero-order valence-corrected chi connectivity index (χ0v) is 11.9. The number of para-hydroxylation sites is 2. The molecule has 2 fully saturated rings. The van der Waals surface area contributed by atoms with Crippen molar-refractivity contribution in [2.45, 2.75) is 19.1 Å². The fourth-order valence-corrected chi connectivity index (χ4v) is 3.15. The summed E-state index contributed by atoms with van der Waals surface area (Å²) in [5, 5.41) is 0. The van der Waals surface area contributed by atoms with E-state index >= 15 is 0 Å². The third kappa shape index (κ3) is 2.59. The van der Waals surface area contributed by atoms with Gasteiger partial charge in [-0.05, 0) is 25.0 Å². The minimum Gasteiger partial charge on any atom is -0.355 e. The van der Waals surface area contributed by atoms with Crippen molar-refractivity contribution in [3.8, 4) is 0 Å². The Bertz CT molecular complexity index is 620. The van der Waals surface area contributed by atoms with E-state index in [9.17, 15) is 0 Å². The lowest BCUT2D eigenvalue weighted by Crippen LogP contribution is -2.38. The monoisotopic (exact) mass is 285 g/mol. The number of benzene rings is 1. The van der Waals surface area contributed by atoms with E-state index < -0.39 is 0 Å². The first-order chi connectivity index (χ1) is 10.4. The van der Waals surface area contributed by atoms with Gasteiger partial charge in [0.25, 0.3) is 0 Å². The molecular weight excluding hydrogens is 266 g/mol. The van der Waals surface area contributed by atoms with Gasteiger partial charge in [0, 0.05) is 19.0 Å². The summed E-state index contributed by atoms with van der Waals surface area (Å²) in [5.41, 5.74) is 1.91. The molecule has 110 valence electrons. The maximum atomic E-state index is 5.62. The van der Waals surface area contributed by atoms with Crippen molar-refractivity contribution in [1.82, 2.24) is 9.97 Å². The minimum absolute atomic E-state index is 0.00911. The van der Waals surface area contributed by atoms with Gasteiger partial charge in [-0.3, -0.25) is 4.98 Å². The van der Waals surface area contributed by atoms with Gasteiger partial charge in [0.15, 0.2) is 6.29 Å². The second-order valence-electron chi connectivity index (χ2n) is 5.65. The molecule has 0 N–H and O–H groups in total. The number of rotatable bonds is 2. The Morgan fingerprint density at radius 1 is 1.00 bits per heavy atom. The summed E-state index contributed by atoms with van der Waals surface area (Å²) in [6.07, 6.45) is 4.05. The van der Waals surface area contributed by atoms with Gasteiger partial charge in [-0.15, -0.1) is 0 Å². The van der Waals surface area contributed by atoms with Crippen LogP contribution in [0.15, 0.2) is 30.5 Å². The van der Waals surface area contributed by atoms with Crippen LogP contribution in [0.25, 0.3) is 11.0 Å². The molecule has 1 aromatic heterocycles. The van der Waals surface area contributed by atoms with Crippen LogP contribution in [-0.4, -0.2) is 42.6 Å². The predicted octanol–water partition coefficient (Wildman–Crippen LogP) is 2.22. The highest BCUT2D eigenvalue weighted by atomic mass is 16.7. The molecule has 21 heavy (non-hydrogen) atoms. The highest BCUT2D eigenvalue weighted by molar-refractivity contribution is 5.75. The van der Waals surface area contributed by atoms with E-state index in [-0.39, 0.29) is 6.29 Å². The average Bonchev–Trinajstić information content (AvgIpc) is 3.09. The van der Waals surface area contributed by atoms with Crippen LogP contribution in [0, 0.1) is 5.92 Å². The number of aromatic nitrogens is 2. The highest BCUT2D eigenvalue weighted by Gasteiger charge is 2.30. The van der Waals surface area contributed by atoms with Crippen LogP contribution in [0.4, 0.5) is 5.82 Å². The first-order valence-electron chi connectivity index (χ1n) is 7.60. The Morgan fingerprint density at radius 3 is 2.48 bits per heavy atom. The Balaban J connectivity index is 1.46. The Morgan fingerprint density at radius 2 is 1.71 bits per heavy atom. The van der Waals surface area contributed by atoms with E-state index in [4.69, 9.17) is 14.5 Å². The van der Waals surface area contributed by atoms with Gasteiger partial charge in [-0.2, -0.15) is 0 Å². The first kappa shape index (κ1) is 13.0. The molecule has 0 radical (unpaired) electrons. The van der Waals surface area contributed by atoms with Crippen molar-refractivity contribution in [2.75, 3.05) is 31.2 Å². The molecule has 2 aromatic rings. The summed E-state index contributed by atoms with van der Waals surface area (Å²) in [7, 11) is 0. The number of hydrogen-bond donors (Lipinski definition) is 0. The zero-order chi connectivity index (χ0) is 14.1. The van der Waals surface area contributed by atoms with Gasteiger partial charge in [0.05, 0.1) is 30.4 Å². The van der Waals surface area contributed by atoms with Crippen LogP contribution in [-0.2, 0) is 9.47 Å². The number of piperidine rings is 1. The van der Waals surface area contributed by atoms with Crippen LogP contribution in [0.3, 0.4) is 0 Å². The van der Waals surface area contributed by atoms with Gasteiger partial charge >= 0.3 is 0 Å². The predicted molar refractivity (Wildman–Crippen MR) is 80.2 cm³/mol. The minimum atomic E-state index is 0.00911. The summed E-state index contributed by atoms with van der Waals surface area (Å²) in [5.74, 6) is 1.48. The fraction of sp³-hybridized carbons (Fsp3) is 0.500. The second kappa shape index (κ2) is 5.58. The molecule has 0 saturated carbocycles. The number of hydrogen-bond acceptors (Lipinski definition) is 5. The van der Waals surface area contributed by atoms with E-state index in [2.05, 4.69) is 9.88 Å². The maximum Gasteiger partial charge on any atom is 0.160 e. The Hall–Kier alpha value is -1.72. The highest BCUT2D eigenvalue weighted by Crippen LogP contribution is 2.28. The van der Waals surface area contributed by atoms with Crippen molar-refractivity contribution in [1.29, 1.82) is 0 Å². The fourth-order valence-electron chi connectivity index (χ4n) is 3.15. The molecule has 5 heteroatoms. The van der Waals surface area contributed by atoms with E-state index in [0.29, 0.717) is 5.92 Å². The van der Waals surface area contributed by atoms with E-state index in [0.717, 1.165) is 56.0 Å². The number of anilines is 1. The number of ether oxygens (including phenoxy) is 2. The average molecular weight is 285 g/mol. The molecule has 3 heterocycles. The van der Waals surface area contributed by atoms with Crippen molar-refractivity contribution in [3.63, 3.8) is 0 Å². The van der Waals surface area contributed by atoms with Crippen LogP contribution in [0.5, 0.6) is 0 Å². The van der Waals surface area contributed by atoms with Crippen LogP contribution < -0.4 is 4.90 Å². The van der Waals surface area contributed by atoms with Gasteiger partial charge in [-0.25, -0.2) is 4.98 Å². The lowest BCUT2D eigenvalue weighted by Gasteiger charge is -2.34. The number of nitrogens with zero attached hydrogens (tertiary/aromatic N) is 3. The quantitative estimate of drug-likeness (QED) is 0.846. The standard InChI is InChI=1S/C16H19N3O2/c1-2-4-14-13(3-1)17-11-15(18-14)19-7-5-12(6-8-19)16-20-9-10-21-16/h1-4,11-12,16H,5-10H2. The first-order valence-corrected chi connectivity index (χ1v) is 7.60. The molecule has 5 nitrogen and oxygen atoms in total. The number of fused-ring (bicyclic) bond motifs is 1. The van der Waals surface area contributed by atoms with Crippen LogP contribution in [0.2, 0.25) is 0 Å². The molecular formula is C16H19N3O2. The Kier molecular flexibility index (Phi) is 3.45. The van der Waals surface area contributed by atoms with Crippen molar-refractivity contribution < 1.29 is 9.47 Å². The molecule has 0 amide bonds. The van der Waals surface area contributed by atoms with E-state index in [1.807, 2.05) is 30.5 Å². The Labute approximate surface area is 123 Å². The topological polar surface area (TPSA) is 47.5 Å². The zero-order valence-electron chi connectivity index (χ0n) is 11.9. The van der Waals surface area contributed by atoms with Gasteiger partial charge in [0.1, 0.15) is 5.82 Å². The third-order valence-electron chi connectivity index (χ3n) is 4.33. The van der Waals surface area contributed by atoms with Crippen molar-refractivity contribution >= 4 is 16.9 Å². The third-order valence-corrected chi connectivity index (χ3v) is 4.33. The largest absolute Gasteiger partial charge is 0.355 e. The summed E-state index contributed by atoms with van der Waals surface area (Å²) in [6, 6.07) is 8.00. The molecule has 0 bridgehead atoms. The van der Waals surface area contributed by atoms with Crippen molar-refractivity contribution in [2.24, 2.45) is 5.92 Å². The lowest BCUT2D eigenvalue weighted by atomic mass is 9.96. The SMILES string of the molecule is c1ccc2nc(N3CCC(C4OCCO4)CC3)cnc2c1. The van der Waals surface area contributed by atoms with Crippen LogP contribution >= 0.6 is 0 Å². The lowest BCUT2D eigenvalue weighted by molar-refractivity contribution is -0.0889. The summed E-state index contributed by atoms with van der Waals surface area (Å²) in [4.78, 5) is 11.5. The smallest absolute Gasteiger partial charge is 0.160 e. The molecule has 0 unspecified atom stereocenters. The molecule has 4 rings (SSSR count). The van der Waals surface area contributed by atoms with Gasteiger partial charge < -0.3 is 14.4 Å². The molecule has 2 saturated heterocycles.